The largest absolute Gasteiger partial charge is 0.391 e. The van der Waals surface area contributed by atoms with Crippen molar-refractivity contribution in [3.63, 3.8) is 0 Å². The lowest BCUT2D eigenvalue weighted by Gasteiger charge is -2.47. The minimum Gasteiger partial charge on any atom is -0.291 e. The number of likely N-dealkylation sites (tertiary alicyclic amines) is 1. The van der Waals surface area contributed by atoms with Gasteiger partial charge in [-0.1, -0.05) is 12.1 Å². The third-order valence-electron chi connectivity index (χ3n) is 4.18. The number of piperidine rings is 1. The number of halogens is 4. The molecule has 1 aromatic carbocycles. The van der Waals surface area contributed by atoms with Crippen LogP contribution in [0.3, 0.4) is 0 Å². The van der Waals surface area contributed by atoms with Crippen LogP contribution in [0.5, 0.6) is 0 Å². The molecular formula is C16H21F4N. The third-order valence-corrected chi connectivity index (χ3v) is 4.18. The lowest BCUT2D eigenvalue weighted by molar-refractivity contribution is -0.194. The molecule has 1 aliphatic heterocycles. The Hall–Kier alpha value is -1.10. The molecule has 2 atom stereocenters. The Morgan fingerprint density at radius 1 is 1.05 bits per heavy atom. The van der Waals surface area contributed by atoms with Crippen LogP contribution in [0.2, 0.25) is 0 Å². The Bertz CT molecular complexity index is 473. The monoisotopic (exact) mass is 303 g/mol. The summed E-state index contributed by atoms with van der Waals surface area (Å²) in [5.41, 5.74) is 0.524. The fourth-order valence-corrected chi connectivity index (χ4v) is 3.07. The van der Waals surface area contributed by atoms with Crippen molar-refractivity contribution in [1.82, 2.24) is 4.90 Å². The van der Waals surface area contributed by atoms with Crippen molar-refractivity contribution in [2.45, 2.75) is 51.4 Å². The maximum absolute atomic E-state index is 13.1. The predicted octanol–water partition coefficient (Wildman–Crippen LogP) is 4.94. The molecule has 1 heterocycles. The number of nitrogens with zero attached hydrogens (tertiary/aromatic N) is 1. The smallest absolute Gasteiger partial charge is 0.291 e. The van der Waals surface area contributed by atoms with Gasteiger partial charge in [0.25, 0.3) is 0 Å². The van der Waals surface area contributed by atoms with Crippen molar-refractivity contribution in [3.05, 3.63) is 35.6 Å². The number of alkyl halides is 3. The normalized spacial score (nSPS) is 25.1. The van der Waals surface area contributed by atoms with Crippen LogP contribution in [0, 0.1) is 11.7 Å². The fourth-order valence-electron chi connectivity index (χ4n) is 3.07. The maximum Gasteiger partial charge on any atom is 0.391 e. The molecule has 21 heavy (non-hydrogen) atoms. The SMILES string of the molecule is CC(C)(C)N1CCC(C(F)(F)F)C[C@H]1c1ccc(F)cc1. The lowest BCUT2D eigenvalue weighted by atomic mass is 9.84. The van der Waals surface area contributed by atoms with Gasteiger partial charge >= 0.3 is 6.18 Å². The van der Waals surface area contributed by atoms with Gasteiger partial charge < -0.3 is 0 Å². The number of hydrogen-bond donors (Lipinski definition) is 0. The van der Waals surface area contributed by atoms with Crippen LogP contribution in [0.1, 0.15) is 45.2 Å². The second-order valence-electron chi connectivity index (χ2n) is 6.69. The summed E-state index contributed by atoms with van der Waals surface area (Å²) in [4.78, 5) is 2.09. The average molecular weight is 303 g/mol. The predicted molar refractivity (Wildman–Crippen MR) is 74.4 cm³/mol. The highest BCUT2D eigenvalue weighted by Crippen LogP contribution is 2.44. The van der Waals surface area contributed by atoms with Crippen molar-refractivity contribution in [1.29, 1.82) is 0 Å². The summed E-state index contributed by atoms with van der Waals surface area (Å²) >= 11 is 0. The molecule has 0 saturated carbocycles. The van der Waals surface area contributed by atoms with Gasteiger partial charge in [0, 0.05) is 11.6 Å². The Balaban J connectivity index is 2.31. The summed E-state index contributed by atoms with van der Waals surface area (Å²) in [5.74, 6) is -1.66. The quantitative estimate of drug-likeness (QED) is 0.664. The van der Waals surface area contributed by atoms with Crippen LogP contribution in [0.15, 0.2) is 24.3 Å². The summed E-state index contributed by atoms with van der Waals surface area (Å²) in [6, 6.07) is 5.49. The van der Waals surface area contributed by atoms with Crippen LogP contribution >= 0.6 is 0 Å². The maximum atomic E-state index is 13.1. The first-order valence-electron chi connectivity index (χ1n) is 7.18. The van der Waals surface area contributed by atoms with Crippen LogP contribution < -0.4 is 0 Å². The van der Waals surface area contributed by atoms with Crippen LogP contribution in [-0.4, -0.2) is 23.2 Å². The van der Waals surface area contributed by atoms with Gasteiger partial charge in [-0.25, -0.2) is 4.39 Å². The van der Waals surface area contributed by atoms with E-state index in [1.807, 2.05) is 20.8 Å². The first kappa shape index (κ1) is 16.3. The van der Waals surface area contributed by atoms with E-state index in [0.29, 0.717) is 6.54 Å². The second kappa shape index (κ2) is 5.59. The number of hydrogen-bond acceptors (Lipinski definition) is 1. The van der Waals surface area contributed by atoms with Gasteiger partial charge in [0.05, 0.1) is 5.92 Å². The zero-order chi connectivity index (χ0) is 15.8. The Kier molecular flexibility index (Phi) is 4.34. The van der Waals surface area contributed by atoms with Gasteiger partial charge in [-0.05, 0) is 57.9 Å². The highest BCUT2D eigenvalue weighted by molar-refractivity contribution is 5.21. The molecule has 2 rings (SSSR count). The minimum absolute atomic E-state index is 0.0341. The fraction of sp³-hybridized carbons (Fsp3) is 0.625. The van der Waals surface area contributed by atoms with E-state index in [4.69, 9.17) is 0 Å². The summed E-state index contributed by atoms with van der Waals surface area (Å²) in [6.07, 6.45) is -4.01. The molecule has 0 aliphatic carbocycles. The Morgan fingerprint density at radius 3 is 2.10 bits per heavy atom. The highest BCUT2D eigenvalue weighted by Gasteiger charge is 2.46. The second-order valence-corrected chi connectivity index (χ2v) is 6.69. The molecule has 0 radical (unpaired) electrons. The molecule has 1 nitrogen and oxygen atoms in total. The van der Waals surface area contributed by atoms with Gasteiger partial charge in [-0.15, -0.1) is 0 Å². The van der Waals surface area contributed by atoms with E-state index in [0.717, 1.165) is 5.56 Å². The van der Waals surface area contributed by atoms with E-state index >= 15 is 0 Å². The van der Waals surface area contributed by atoms with Crippen molar-refractivity contribution >= 4 is 0 Å². The van der Waals surface area contributed by atoms with Gasteiger partial charge in [0.15, 0.2) is 0 Å². The van der Waals surface area contributed by atoms with E-state index in [-0.39, 0.29) is 30.2 Å². The van der Waals surface area contributed by atoms with Gasteiger partial charge in [0.1, 0.15) is 5.82 Å². The van der Waals surface area contributed by atoms with E-state index < -0.39 is 12.1 Å². The van der Waals surface area contributed by atoms with Crippen LogP contribution in [-0.2, 0) is 0 Å². The minimum atomic E-state index is -4.16. The van der Waals surface area contributed by atoms with Crippen molar-refractivity contribution in [2.75, 3.05) is 6.54 Å². The van der Waals surface area contributed by atoms with E-state index in [1.54, 1.807) is 12.1 Å². The third kappa shape index (κ3) is 3.76. The van der Waals surface area contributed by atoms with Crippen molar-refractivity contribution in [3.8, 4) is 0 Å². The molecule has 1 unspecified atom stereocenters. The lowest BCUT2D eigenvalue weighted by Crippen LogP contribution is -2.49. The van der Waals surface area contributed by atoms with E-state index in [1.165, 1.54) is 12.1 Å². The Labute approximate surface area is 122 Å². The average Bonchev–Trinajstić information content (AvgIpc) is 2.37. The first-order chi connectivity index (χ1) is 9.59. The molecule has 1 aromatic rings. The molecule has 0 amide bonds. The van der Waals surface area contributed by atoms with Gasteiger partial charge in [0.2, 0.25) is 0 Å². The van der Waals surface area contributed by atoms with Gasteiger partial charge in [-0.3, -0.25) is 4.90 Å². The highest BCUT2D eigenvalue weighted by atomic mass is 19.4. The standard InChI is InChI=1S/C16H21F4N/c1-15(2,3)21-9-8-12(16(18,19)20)10-14(21)11-4-6-13(17)7-5-11/h4-7,12,14H,8-10H2,1-3H3/t12?,14-/m0/s1. The molecule has 0 bridgehead atoms. The molecule has 1 saturated heterocycles. The molecule has 0 spiro atoms. The summed E-state index contributed by atoms with van der Waals surface area (Å²) in [7, 11) is 0. The van der Waals surface area contributed by atoms with Crippen LogP contribution in [0.25, 0.3) is 0 Å². The molecule has 5 heteroatoms. The molecule has 1 fully saturated rings. The van der Waals surface area contributed by atoms with Crippen molar-refractivity contribution < 1.29 is 17.6 Å². The number of benzene rings is 1. The van der Waals surface area contributed by atoms with E-state index in [9.17, 15) is 17.6 Å². The zero-order valence-corrected chi connectivity index (χ0v) is 12.5. The Morgan fingerprint density at radius 2 is 1.62 bits per heavy atom. The van der Waals surface area contributed by atoms with E-state index in [2.05, 4.69) is 4.90 Å². The molecule has 0 N–H and O–H groups in total. The topological polar surface area (TPSA) is 3.24 Å². The first-order valence-corrected chi connectivity index (χ1v) is 7.18. The van der Waals surface area contributed by atoms with Crippen LogP contribution in [0.4, 0.5) is 17.6 Å². The summed E-state index contributed by atoms with van der Waals surface area (Å²) in [6.45, 7) is 6.39. The summed E-state index contributed by atoms with van der Waals surface area (Å²) in [5, 5.41) is 0. The summed E-state index contributed by atoms with van der Waals surface area (Å²) < 4.78 is 52.2. The molecule has 118 valence electrons. The van der Waals surface area contributed by atoms with Crippen molar-refractivity contribution in [2.24, 2.45) is 5.92 Å². The molecule has 1 aliphatic rings. The number of rotatable bonds is 1. The zero-order valence-electron chi connectivity index (χ0n) is 12.5. The molecule has 0 aromatic heterocycles. The molecular weight excluding hydrogens is 282 g/mol. The van der Waals surface area contributed by atoms with Gasteiger partial charge in [-0.2, -0.15) is 13.2 Å².